The first kappa shape index (κ1) is 8.74. The normalized spacial score (nSPS) is 12.8. The van der Waals surface area contributed by atoms with Crippen molar-refractivity contribution in [2.24, 2.45) is 11.6 Å². The summed E-state index contributed by atoms with van der Waals surface area (Å²) in [5.41, 5.74) is 5.23. The van der Waals surface area contributed by atoms with Crippen LogP contribution in [-0.2, 0) is 9.63 Å². The molecule has 0 aromatic heterocycles. The van der Waals surface area contributed by atoms with Gasteiger partial charge in [-0.1, -0.05) is 0 Å². The summed E-state index contributed by atoms with van der Waals surface area (Å²) in [5.74, 6) is 4.51. The number of thiol groups is 1. The highest BCUT2D eigenvalue weighted by atomic mass is 32.1. The molecule has 0 saturated heterocycles. The van der Waals surface area contributed by atoms with Gasteiger partial charge in [0.25, 0.3) is 0 Å². The second-order valence-electron chi connectivity index (χ2n) is 1.56. The maximum absolute atomic E-state index is 10.4. The average molecular weight is 150 g/mol. The summed E-state index contributed by atoms with van der Waals surface area (Å²) in [5, 5.41) is 0. The number of nitrogens with two attached hydrogens (primary N) is 2. The summed E-state index contributed by atoms with van der Waals surface area (Å²) in [6.07, 6.45) is 0.485. The monoisotopic (exact) mass is 150 g/mol. The predicted octanol–water partition coefficient (Wildman–Crippen LogP) is -0.950. The molecule has 0 aromatic rings. The first-order chi connectivity index (χ1) is 4.22. The highest BCUT2D eigenvalue weighted by Gasteiger charge is 2.11. The standard InChI is InChI=1S/C4H10N2O2S/c5-3(1-2-9)4(7)8-6/h3,9H,1-2,5-6H2/t3-/m1/s1. The van der Waals surface area contributed by atoms with E-state index < -0.39 is 12.0 Å². The van der Waals surface area contributed by atoms with Crippen molar-refractivity contribution >= 4 is 18.6 Å². The zero-order valence-corrected chi connectivity index (χ0v) is 5.80. The lowest BCUT2D eigenvalue weighted by atomic mass is 10.2. The fourth-order valence-electron chi connectivity index (χ4n) is 0.344. The van der Waals surface area contributed by atoms with Gasteiger partial charge in [0, 0.05) is 0 Å². The highest BCUT2D eigenvalue weighted by molar-refractivity contribution is 7.80. The van der Waals surface area contributed by atoms with Crippen LogP contribution < -0.4 is 11.6 Å². The van der Waals surface area contributed by atoms with Gasteiger partial charge < -0.3 is 10.6 Å². The minimum Gasteiger partial charge on any atom is -0.372 e. The third kappa shape index (κ3) is 3.34. The SMILES string of the molecule is NOC(=O)[C@H](N)CCS. The molecule has 0 heterocycles. The summed E-state index contributed by atoms with van der Waals surface area (Å²) in [4.78, 5) is 14.3. The van der Waals surface area contributed by atoms with E-state index in [9.17, 15) is 4.79 Å². The van der Waals surface area contributed by atoms with Crippen LogP contribution in [-0.4, -0.2) is 17.8 Å². The molecule has 0 spiro atoms. The quantitative estimate of drug-likeness (QED) is 0.358. The van der Waals surface area contributed by atoms with Crippen molar-refractivity contribution in [3.63, 3.8) is 0 Å². The minimum absolute atomic E-state index is 0.485. The molecule has 0 unspecified atom stereocenters. The number of carbonyl (C=O) groups excluding carboxylic acids is 1. The topological polar surface area (TPSA) is 78.3 Å². The Hall–Kier alpha value is -0.260. The molecule has 9 heavy (non-hydrogen) atoms. The Labute approximate surface area is 58.9 Å². The molecule has 0 aliphatic heterocycles. The molecule has 54 valence electrons. The Morgan fingerprint density at radius 3 is 2.67 bits per heavy atom. The lowest BCUT2D eigenvalue weighted by Crippen LogP contribution is -2.34. The van der Waals surface area contributed by atoms with Crippen molar-refractivity contribution < 1.29 is 9.63 Å². The second kappa shape index (κ2) is 4.60. The van der Waals surface area contributed by atoms with E-state index in [2.05, 4.69) is 23.4 Å². The van der Waals surface area contributed by atoms with E-state index in [1.807, 2.05) is 0 Å². The van der Waals surface area contributed by atoms with Crippen LogP contribution in [0.1, 0.15) is 6.42 Å². The van der Waals surface area contributed by atoms with Crippen LogP contribution in [0.4, 0.5) is 0 Å². The molecular formula is C4H10N2O2S. The molecule has 0 fully saturated rings. The summed E-state index contributed by atoms with van der Waals surface area (Å²) in [7, 11) is 0. The van der Waals surface area contributed by atoms with E-state index in [1.165, 1.54) is 0 Å². The van der Waals surface area contributed by atoms with Crippen molar-refractivity contribution in [2.45, 2.75) is 12.5 Å². The summed E-state index contributed by atoms with van der Waals surface area (Å²) < 4.78 is 0. The van der Waals surface area contributed by atoms with Crippen LogP contribution in [0.5, 0.6) is 0 Å². The van der Waals surface area contributed by atoms with Crippen molar-refractivity contribution in [1.82, 2.24) is 0 Å². The summed E-state index contributed by atoms with van der Waals surface area (Å²) in [6, 6.07) is -0.632. The maximum atomic E-state index is 10.4. The van der Waals surface area contributed by atoms with Gasteiger partial charge in [0.05, 0.1) is 0 Å². The van der Waals surface area contributed by atoms with E-state index >= 15 is 0 Å². The lowest BCUT2D eigenvalue weighted by molar-refractivity contribution is -0.145. The van der Waals surface area contributed by atoms with Crippen LogP contribution in [0.25, 0.3) is 0 Å². The third-order valence-electron chi connectivity index (χ3n) is 0.859. The zero-order valence-electron chi connectivity index (χ0n) is 4.91. The fraction of sp³-hybridized carbons (Fsp3) is 0.750. The van der Waals surface area contributed by atoms with Gasteiger partial charge in [0.2, 0.25) is 0 Å². The van der Waals surface area contributed by atoms with Gasteiger partial charge in [0.1, 0.15) is 6.04 Å². The fourth-order valence-corrected chi connectivity index (χ4v) is 0.623. The molecule has 0 aliphatic carbocycles. The average Bonchev–Trinajstić information content (AvgIpc) is 1.87. The van der Waals surface area contributed by atoms with Crippen LogP contribution in [0.15, 0.2) is 0 Å². The predicted molar refractivity (Wildman–Crippen MR) is 36.7 cm³/mol. The van der Waals surface area contributed by atoms with Crippen LogP contribution >= 0.6 is 12.6 Å². The molecule has 4 nitrogen and oxygen atoms in total. The van der Waals surface area contributed by atoms with Gasteiger partial charge in [-0.2, -0.15) is 18.5 Å². The molecule has 5 heteroatoms. The number of hydrogen-bond acceptors (Lipinski definition) is 5. The van der Waals surface area contributed by atoms with Crippen molar-refractivity contribution in [2.75, 3.05) is 5.75 Å². The van der Waals surface area contributed by atoms with E-state index in [0.717, 1.165) is 0 Å². The molecule has 4 N–H and O–H groups in total. The van der Waals surface area contributed by atoms with Gasteiger partial charge >= 0.3 is 5.97 Å². The number of rotatable bonds is 3. The Bertz CT molecular complexity index is 98.6. The Morgan fingerprint density at radius 1 is 1.78 bits per heavy atom. The van der Waals surface area contributed by atoms with Crippen molar-refractivity contribution in [3.8, 4) is 0 Å². The number of hydrogen-bond donors (Lipinski definition) is 3. The van der Waals surface area contributed by atoms with Gasteiger partial charge in [0.15, 0.2) is 0 Å². The smallest absolute Gasteiger partial charge is 0.341 e. The first-order valence-electron chi connectivity index (χ1n) is 2.49. The highest BCUT2D eigenvalue weighted by Crippen LogP contribution is 1.91. The van der Waals surface area contributed by atoms with Crippen LogP contribution in [0, 0.1) is 0 Å². The summed E-state index contributed by atoms with van der Waals surface area (Å²) >= 11 is 3.86. The minimum atomic E-state index is -0.632. The summed E-state index contributed by atoms with van der Waals surface area (Å²) in [6.45, 7) is 0. The van der Waals surface area contributed by atoms with Crippen LogP contribution in [0.2, 0.25) is 0 Å². The molecule has 0 amide bonds. The van der Waals surface area contributed by atoms with Crippen molar-refractivity contribution in [3.05, 3.63) is 0 Å². The van der Waals surface area contributed by atoms with E-state index in [1.54, 1.807) is 0 Å². The second-order valence-corrected chi connectivity index (χ2v) is 2.00. The molecule has 0 aromatic carbocycles. The van der Waals surface area contributed by atoms with E-state index in [4.69, 9.17) is 5.73 Å². The first-order valence-corrected chi connectivity index (χ1v) is 3.12. The zero-order chi connectivity index (χ0) is 7.28. The van der Waals surface area contributed by atoms with Gasteiger partial charge in [-0.15, -0.1) is 0 Å². The maximum Gasteiger partial charge on any atom is 0.341 e. The molecule has 0 bridgehead atoms. The van der Waals surface area contributed by atoms with Crippen LogP contribution in [0.3, 0.4) is 0 Å². The molecule has 0 rings (SSSR count). The van der Waals surface area contributed by atoms with Crippen molar-refractivity contribution in [1.29, 1.82) is 0 Å². The lowest BCUT2D eigenvalue weighted by Gasteiger charge is -2.04. The Balaban J connectivity index is 3.45. The largest absolute Gasteiger partial charge is 0.372 e. The Kier molecular flexibility index (Phi) is 4.47. The van der Waals surface area contributed by atoms with E-state index in [-0.39, 0.29) is 0 Å². The molecular weight excluding hydrogens is 140 g/mol. The number of carbonyl (C=O) groups is 1. The van der Waals surface area contributed by atoms with E-state index in [0.29, 0.717) is 12.2 Å². The third-order valence-corrected chi connectivity index (χ3v) is 1.12. The van der Waals surface area contributed by atoms with Gasteiger partial charge in [-0.25, -0.2) is 4.79 Å². The molecule has 1 atom stereocenters. The molecule has 0 aliphatic rings. The van der Waals surface area contributed by atoms with Gasteiger partial charge in [-0.3, -0.25) is 0 Å². The molecule has 0 radical (unpaired) electrons. The van der Waals surface area contributed by atoms with Gasteiger partial charge in [-0.05, 0) is 12.2 Å². The molecule has 0 saturated carbocycles. The Morgan fingerprint density at radius 2 is 2.33 bits per heavy atom.